The Morgan fingerprint density at radius 3 is 2.32 bits per heavy atom. The molecule has 1 fully saturated rings. The van der Waals surface area contributed by atoms with E-state index in [1.54, 1.807) is 54.3 Å². The number of likely N-dealkylation sites (tertiary alicyclic amines) is 1. The second-order valence-corrected chi connectivity index (χ2v) is 10.1. The van der Waals surface area contributed by atoms with E-state index in [1.807, 2.05) is 19.1 Å². The second-order valence-electron chi connectivity index (χ2n) is 8.43. The van der Waals surface area contributed by atoms with Gasteiger partial charge in [-0.2, -0.15) is 0 Å². The summed E-state index contributed by atoms with van der Waals surface area (Å²) in [7, 11) is -3.89. The third kappa shape index (κ3) is 5.12. The van der Waals surface area contributed by atoms with Crippen LogP contribution in [0, 0.1) is 13.8 Å². The molecule has 3 aromatic rings. The number of nitrogens with one attached hydrogen (secondary N) is 2. The van der Waals surface area contributed by atoms with Gasteiger partial charge in [0.05, 0.1) is 10.6 Å². The van der Waals surface area contributed by atoms with E-state index in [0.717, 1.165) is 31.5 Å². The molecule has 1 saturated heterocycles. The van der Waals surface area contributed by atoms with Crippen molar-refractivity contribution in [3.8, 4) is 0 Å². The van der Waals surface area contributed by atoms with Gasteiger partial charge in [-0.05, 0) is 74.2 Å². The zero-order valence-corrected chi connectivity index (χ0v) is 20.0. The maximum Gasteiger partial charge on any atom is 0.261 e. The molecule has 1 aliphatic rings. The molecule has 34 heavy (non-hydrogen) atoms. The molecule has 2 N–H and O–H groups in total. The number of anilines is 2. The van der Waals surface area contributed by atoms with Crippen LogP contribution in [0.1, 0.15) is 44.7 Å². The van der Waals surface area contributed by atoms with Crippen LogP contribution in [-0.2, 0) is 10.0 Å². The van der Waals surface area contributed by atoms with Crippen LogP contribution in [-0.4, -0.2) is 38.2 Å². The van der Waals surface area contributed by atoms with Crippen molar-refractivity contribution in [2.45, 2.75) is 31.6 Å². The Balaban J connectivity index is 1.55. The van der Waals surface area contributed by atoms with E-state index in [4.69, 9.17) is 0 Å². The molecule has 176 valence electrons. The first kappa shape index (κ1) is 23.5. The van der Waals surface area contributed by atoms with E-state index in [9.17, 15) is 18.0 Å². The van der Waals surface area contributed by atoms with E-state index in [-0.39, 0.29) is 16.4 Å². The van der Waals surface area contributed by atoms with Gasteiger partial charge in [0, 0.05) is 29.9 Å². The number of para-hydroxylation sites is 1. The molecule has 0 aromatic heterocycles. The zero-order chi connectivity index (χ0) is 24.3. The molecule has 3 aromatic carbocycles. The highest BCUT2D eigenvalue weighted by molar-refractivity contribution is 7.92. The summed E-state index contributed by atoms with van der Waals surface area (Å²) in [5, 5.41) is 2.80. The number of benzene rings is 3. The van der Waals surface area contributed by atoms with Crippen LogP contribution >= 0.6 is 0 Å². The fourth-order valence-electron chi connectivity index (χ4n) is 3.94. The summed E-state index contributed by atoms with van der Waals surface area (Å²) in [6.45, 7) is 5.04. The summed E-state index contributed by atoms with van der Waals surface area (Å²) in [5.41, 5.74) is 3.13. The van der Waals surface area contributed by atoms with Crippen LogP contribution in [0.4, 0.5) is 11.4 Å². The molecule has 0 atom stereocenters. The number of aryl methyl sites for hydroxylation is 2. The molecule has 7 nitrogen and oxygen atoms in total. The summed E-state index contributed by atoms with van der Waals surface area (Å²) >= 11 is 0. The first-order chi connectivity index (χ1) is 16.2. The van der Waals surface area contributed by atoms with Crippen molar-refractivity contribution in [3.05, 3.63) is 89.0 Å². The lowest BCUT2D eigenvalue weighted by Crippen LogP contribution is -2.27. The number of sulfonamides is 1. The number of hydrogen-bond donors (Lipinski definition) is 2. The number of rotatable bonds is 6. The second kappa shape index (κ2) is 9.69. The fraction of sp³-hybridized carbons (Fsp3) is 0.231. The highest BCUT2D eigenvalue weighted by Gasteiger charge is 2.21. The van der Waals surface area contributed by atoms with Crippen LogP contribution in [0.25, 0.3) is 0 Å². The molecule has 1 aliphatic heterocycles. The maximum atomic E-state index is 13.0. The van der Waals surface area contributed by atoms with Gasteiger partial charge in [-0.15, -0.1) is 0 Å². The van der Waals surface area contributed by atoms with E-state index >= 15 is 0 Å². The van der Waals surface area contributed by atoms with Crippen molar-refractivity contribution in [2.75, 3.05) is 23.1 Å². The Labute approximate surface area is 199 Å². The Morgan fingerprint density at radius 1 is 0.853 bits per heavy atom. The van der Waals surface area contributed by atoms with Gasteiger partial charge >= 0.3 is 0 Å². The number of carbonyl (C=O) groups excluding carboxylic acids is 2. The lowest BCUT2D eigenvalue weighted by molar-refractivity contribution is 0.0792. The largest absolute Gasteiger partial charge is 0.339 e. The van der Waals surface area contributed by atoms with Crippen LogP contribution in [0.15, 0.2) is 71.6 Å². The molecule has 0 spiro atoms. The molecule has 0 unspecified atom stereocenters. The summed E-state index contributed by atoms with van der Waals surface area (Å²) in [4.78, 5) is 27.5. The molecule has 0 bridgehead atoms. The SMILES string of the molecule is Cc1ccccc1NS(=O)(=O)c1ccc(C)c(C(=O)Nc2cccc(C(=O)N3CCCC3)c2)c1. The number of nitrogens with zero attached hydrogens (tertiary/aromatic N) is 1. The standard InChI is InChI=1S/C26H27N3O4S/c1-18-12-13-22(34(32,33)28-24-11-4-3-8-19(24)2)17-23(18)25(30)27-21-10-7-9-20(16-21)26(31)29-14-5-6-15-29/h3-4,7-13,16-17,28H,5-6,14-15H2,1-2H3,(H,27,30). The topological polar surface area (TPSA) is 95.6 Å². The van der Waals surface area contributed by atoms with Gasteiger partial charge in [0.2, 0.25) is 0 Å². The first-order valence-corrected chi connectivity index (χ1v) is 12.6. The Hall–Kier alpha value is -3.65. The third-order valence-electron chi connectivity index (χ3n) is 5.91. The summed E-state index contributed by atoms with van der Waals surface area (Å²) in [6.07, 6.45) is 2.00. The maximum absolute atomic E-state index is 13.0. The quantitative estimate of drug-likeness (QED) is 0.543. The van der Waals surface area contributed by atoms with Crippen LogP contribution in [0.3, 0.4) is 0 Å². The minimum atomic E-state index is -3.89. The number of carbonyl (C=O) groups is 2. The van der Waals surface area contributed by atoms with Crippen molar-refractivity contribution in [1.82, 2.24) is 4.90 Å². The van der Waals surface area contributed by atoms with Crippen LogP contribution in [0.5, 0.6) is 0 Å². The van der Waals surface area contributed by atoms with E-state index in [0.29, 0.717) is 22.5 Å². The molecule has 1 heterocycles. The molecule has 0 aliphatic carbocycles. The first-order valence-electron chi connectivity index (χ1n) is 11.1. The number of hydrogen-bond acceptors (Lipinski definition) is 4. The van der Waals surface area contributed by atoms with Gasteiger partial charge < -0.3 is 10.2 Å². The number of amides is 2. The average Bonchev–Trinajstić information content (AvgIpc) is 3.35. The van der Waals surface area contributed by atoms with Gasteiger partial charge in [0.15, 0.2) is 0 Å². The monoisotopic (exact) mass is 477 g/mol. The van der Waals surface area contributed by atoms with E-state index < -0.39 is 15.9 Å². The van der Waals surface area contributed by atoms with Gasteiger partial charge in [0.25, 0.3) is 21.8 Å². The lowest BCUT2D eigenvalue weighted by Gasteiger charge is -2.16. The Bertz CT molecular complexity index is 1350. The summed E-state index contributed by atoms with van der Waals surface area (Å²) in [6, 6.07) is 18.3. The fourth-order valence-corrected chi connectivity index (χ4v) is 5.09. The Morgan fingerprint density at radius 2 is 1.59 bits per heavy atom. The van der Waals surface area contributed by atoms with E-state index in [2.05, 4.69) is 10.0 Å². The molecule has 0 saturated carbocycles. The van der Waals surface area contributed by atoms with Crippen molar-refractivity contribution >= 4 is 33.2 Å². The van der Waals surface area contributed by atoms with Gasteiger partial charge in [-0.3, -0.25) is 14.3 Å². The van der Waals surface area contributed by atoms with Gasteiger partial charge in [0.1, 0.15) is 0 Å². The summed E-state index contributed by atoms with van der Waals surface area (Å²) in [5.74, 6) is -0.503. The van der Waals surface area contributed by atoms with Crippen molar-refractivity contribution in [3.63, 3.8) is 0 Å². The third-order valence-corrected chi connectivity index (χ3v) is 7.28. The molecule has 4 rings (SSSR count). The molecular formula is C26H27N3O4S. The molecule has 8 heteroatoms. The zero-order valence-electron chi connectivity index (χ0n) is 19.2. The highest BCUT2D eigenvalue weighted by atomic mass is 32.2. The van der Waals surface area contributed by atoms with Crippen molar-refractivity contribution < 1.29 is 18.0 Å². The Kier molecular flexibility index (Phi) is 6.70. The molecule has 2 amide bonds. The summed E-state index contributed by atoms with van der Waals surface area (Å²) < 4.78 is 28.5. The van der Waals surface area contributed by atoms with E-state index in [1.165, 1.54) is 12.1 Å². The normalized spacial score (nSPS) is 13.5. The van der Waals surface area contributed by atoms with Gasteiger partial charge in [-0.25, -0.2) is 8.42 Å². The highest BCUT2D eigenvalue weighted by Crippen LogP contribution is 2.23. The molecular weight excluding hydrogens is 450 g/mol. The van der Waals surface area contributed by atoms with Crippen LogP contribution < -0.4 is 10.0 Å². The average molecular weight is 478 g/mol. The molecule has 0 radical (unpaired) electrons. The lowest BCUT2D eigenvalue weighted by atomic mass is 10.1. The van der Waals surface area contributed by atoms with Crippen molar-refractivity contribution in [2.24, 2.45) is 0 Å². The van der Waals surface area contributed by atoms with Crippen LogP contribution in [0.2, 0.25) is 0 Å². The smallest absolute Gasteiger partial charge is 0.261 e. The van der Waals surface area contributed by atoms with Gasteiger partial charge in [-0.1, -0.05) is 30.3 Å². The minimum absolute atomic E-state index is 0.00975. The predicted molar refractivity (Wildman–Crippen MR) is 133 cm³/mol. The minimum Gasteiger partial charge on any atom is -0.339 e. The van der Waals surface area contributed by atoms with Crippen molar-refractivity contribution in [1.29, 1.82) is 0 Å². The predicted octanol–water partition coefficient (Wildman–Crippen LogP) is 4.59.